The smallest absolute Gasteiger partial charge is 0.410 e. The van der Waals surface area contributed by atoms with Crippen LogP contribution in [-0.2, 0) is 29.2 Å². The summed E-state index contributed by atoms with van der Waals surface area (Å²) >= 11 is 0. The van der Waals surface area contributed by atoms with E-state index in [0.29, 0.717) is 26.2 Å². The van der Waals surface area contributed by atoms with Gasteiger partial charge < -0.3 is 19.1 Å². The van der Waals surface area contributed by atoms with E-state index in [4.69, 9.17) is 14.2 Å². The van der Waals surface area contributed by atoms with Crippen LogP contribution in [0.1, 0.15) is 43.9 Å². The molecule has 7 heteroatoms. The molecule has 1 fully saturated rings. The fourth-order valence-electron chi connectivity index (χ4n) is 3.89. The van der Waals surface area contributed by atoms with Crippen molar-refractivity contribution in [3.63, 3.8) is 0 Å². The van der Waals surface area contributed by atoms with Crippen molar-refractivity contribution < 1.29 is 23.8 Å². The Kier molecular flexibility index (Phi) is 6.26. The number of hydrogen-bond acceptors (Lipinski definition) is 5. The maximum atomic E-state index is 12.5. The highest BCUT2D eigenvalue weighted by atomic mass is 16.6. The molecule has 4 rings (SSSR count). The number of carbonyl (C=O) groups is 2. The maximum Gasteiger partial charge on any atom is 0.410 e. The van der Waals surface area contributed by atoms with Crippen LogP contribution in [0.4, 0.5) is 9.59 Å². The van der Waals surface area contributed by atoms with Crippen molar-refractivity contribution in [1.82, 2.24) is 9.80 Å². The minimum absolute atomic E-state index is 0.0751. The van der Waals surface area contributed by atoms with Crippen LogP contribution in [-0.4, -0.2) is 46.8 Å². The summed E-state index contributed by atoms with van der Waals surface area (Å²) in [5.74, 6) is 0.749. The van der Waals surface area contributed by atoms with Gasteiger partial charge in [-0.3, -0.25) is 4.90 Å². The van der Waals surface area contributed by atoms with E-state index in [2.05, 4.69) is 0 Å². The summed E-state index contributed by atoms with van der Waals surface area (Å²) in [5.41, 5.74) is 2.60. The Hall–Kier alpha value is -3.22. The number of nitrogens with zero attached hydrogens (tertiary/aromatic N) is 2. The second-order valence-corrected chi connectivity index (χ2v) is 9.28. The van der Waals surface area contributed by atoms with Gasteiger partial charge in [-0.1, -0.05) is 36.4 Å². The molecule has 0 N–H and O–H groups in total. The van der Waals surface area contributed by atoms with Crippen LogP contribution in [0.2, 0.25) is 0 Å². The van der Waals surface area contributed by atoms with Gasteiger partial charge in [-0.25, -0.2) is 9.59 Å². The Balaban J connectivity index is 1.29. The predicted molar refractivity (Wildman–Crippen MR) is 119 cm³/mol. The lowest BCUT2D eigenvalue weighted by Crippen LogP contribution is -2.36. The van der Waals surface area contributed by atoms with E-state index >= 15 is 0 Å². The zero-order valence-corrected chi connectivity index (χ0v) is 18.9. The average molecular weight is 439 g/mol. The lowest BCUT2D eigenvalue weighted by molar-refractivity contribution is 0.0275. The number of rotatable bonds is 4. The molecule has 2 amide bonds. The molecule has 0 saturated carbocycles. The summed E-state index contributed by atoms with van der Waals surface area (Å²) in [6.07, 6.45) is 0.0568. The van der Waals surface area contributed by atoms with Gasteiger partial charge in [-0.2, -0.15) is 0 Å². The number of carbonyl (C=O) groups excluding carboxylic acids is 2. The highest BCUT2D eigenvalue weighted by Crippen LogP contribution is 2.29. The molecule has 0 aromatic heterocycles. The molecule has 32 heavy (non-hydrogen) atoms. The van der Waals surface area contributed by atoms with Crippen molar-refractivity contribution >= 4 is 12.2 Å². The van der Waals surface area contributed by atoms with E-state index in [0.717, 1.165) is 28.9 Å². The second kappa shape index (κ2) is 9.10. The number of hydrogen-bond donors (Lipinski definition) is 0. The van der Waals surface area contributed by atoms with E-state index < -0.39 is 5.60 Å². The van der Waals surface area contributed by atoms with Crippen molar-refractivity contribution in [3.8, 4) is 5.75 Å². The number of amides is 2. The SMILES string of the molecule is CC(C)(C)OC(=O)N1CCC(Oc2ccc3c(c2)CN(C(=O)OCc2ccccc2)C3)C1. The van der Waals surface area contributed by atoms with Crippen LogP contribution in [0.3, 0.4) is 0 Å². The standard InChI is InChI=1S/C25H30N2O5/c1-25(2,3)32-24(29)26-12-11-22(16-26)31-21-10-9-19-14-27(15-20(19)13-21)23(28)30-17-18-7-5-4-6-8-18/h4-10,13,22H,11-12,14-17H2,1-3H3. The third kappa shape index (κ3) is 5.52. The molecule has 2 aromatic rings. The molecule has 2 aliphatic rings. The van der Waals surface area contributed by atoms with Crippen LogP contribution in [0.15, 0.2) is 48.5 Å². The lowest BCUT2D eigenvalue weighted by Gasteiger charge is -2.24. The highest BCUT2D eigenvalue weighted by Gasteiger charge is 2.31. The first-order chi connectivity index (χ1) is 15.3. The summed E-state index contributed by atoms with van der Waals surface area (Å²) in [6.45, 7) is 7.99. The third-order valence-electron chi connectivity index (χ3n) is 5.46. The summed E-state index contributed by atoms with van der Waals surface area (Å²) in [6, 6.07) is 15.5. The number of likely N-dealkylation sites (tertiary alicyclic amines) is 1. The number of ether oxygens (including phenoxy) is 3. The summed E-state index contributed by atoms with van der Waals surface area (Å²) in [7, 11) is 0. The summed E-state index contributed by atoms with van der Waals surface area (Å²) < 4.78 is 17.0. The molecule has 170 valence electrons. The Morgan fingerprint density at radius 2 is 1.72 bits per heavy atom. The van der Waals surface area contributed by atoms with Gasteiger partial charge in [0.15, 0.2) is 0 Å². The second-order valence-electron chi connectivity index (χ2n) is 9.28. The van der Waals surface area contributed by atoms with Crippen molar-refractivity contribution in [2.45, 2.75) is 58.6 Å². The van der Waals surface area contributed by atoms with Crippen molar-refractivity contribution in [2.75, 3.05) is 13.1 Å². The molecule has 0 bridgehead atoms. The van der Waals surface area contributed by atoms with Gasteiger partial charge in [0.2, 0.25) is 0 Å². The van der Waals surface area contributed by atoms with Crippen molar-refractivity contribution in [1.29, 1.82) is 0 Å². The fourth-order valence-corrected chi connectivity index (χ4v) is 3.89. The first kappa shape index (κ1) is 22.0. The van der Waals surface area contributed by atoms with Crippen molar-refractivity contribution in [2.24, 2.45) is 0 Å². The van der Waals surface area contributed by atoms with Gasteiger partial charge in [0.25, 0.3) is 0 Å². The molecule has 1 unspecified atom stereocenters. The Labute approximate surface area is 188 Å². The van der Waals surface area contributed by atoms with Gasteiger partial charge in [0.1, 0.15) is 24.1 Å². The first-order valence-electron chi connectivity index (χ1n) is 11.0. The average Bonchev–Trinajstić information content (AvgIpc) is 3.38. The number of fused-ring (bicyclic) bond motifs is 1. The summed E-state index contributed by atoms with van der Waals surface area (Å²) in [5, 5.41) is 0. The quantitative estimate of drug-likeness (QED) is 0.691. The Morgan fingerprint density at radius 3 is 2.47 bits per heavy atom. The van der Waals surface area contributed by atoms with Gasteiger partial charge >= 0.3 is 12.2 Å². The normalized spacial score (nSPS) is 17.8. The molecule has 7 nitrogen and oxygen atoms in total. The zero-order valence-electron chi connectivity index (χ0n) is 18.9. The highest BCUT2D eigenvalue weighted by molar-refractivity contribution is 5.69. The third-order valence-corrected chi connectivity index (χ3v) is 5.46. The topological polar surface area (TPSA) is 68.3 Å². The number of benzene rings is 2. The largest absolute Gasteiger partial charge is 0.489 e. The Morgan fingerprint density at radius 1 is 0.969 bits per heavy atom. The molecule has 2 aliphatic heterocycles. The van der Waals surface area contributed by atoms with E-state index in [1.54, 1.807) is 9.80 Å². The van der Waals surface area contributed by atoms with Gasteiger partial charge in [0, 0.05) is 26.1 Å². The molecule has 1 atom stereocenters. The van der Waals surface area contributed by atoms with Gasteiger partial charge in [-0.05, 0) is 49.6 Å². The van der Waals surface area contributed by atoms with Crippen molar-refractivity contribution in [3.05, 3.63) is 65.2 Å². The molecule has 2 aromatic carbocycles. The molecule has 1 saturated heterocycles. The minimum Gasteiger partial charge on any atom is -0.489 e. The van der Waals surface area contributed by atoms with E-state index in [1.165, 1.54) is 0 Å². The van der Waals surface area contributed by atoms with Crippen LogP contribution in [0, 0.1) is 0 Å². The van der Waals surface area contributed by atoms with Crippen LogP contribution >= 0.6 is 0 Å². The Bertz CT molecular complexity index is 970. The first-order valence-corrected chi connectivity index (χ1v) is 11.0. The molecular formula is C25H30N2O5. The van der Waals surface area contributed by atoms with Gasteiger partial charge in [0.05, 0.1) is 6.54 Å². The molecule has 2 heterocycles. The van der Waals surface area contributed by atoms with E-state index in [9.17, 15) is 9.59 Å². The molecule has 0 aliphatic carbocycles. The maximum absolute atomic E-state index is 12.5. The minimum atomic E-state index is -0.510. The molecular weight excluding hydrogens is 408 g/mol. The van der Waals surface area contributed by atoms with Crippen LogP contribution < -0.4 is 4.74 Å². The lowest BCUT2D eigenvalue weighted by atomic mass is 10.1. The van der Waals surface area contributed by atoms with Crippen LogP contribution in [0.25, 0.3) is 0 Å². The van der Waals surface area contributed by atoms with E-state index in [-0.39, 0.29) is 24.9 Å². The molecule has 0 radical (unpaired) electrons. The van der Waals surface area contributed by atoms with E-state index in [1.807, 2.05) is 69.3 Å². The van der Waals surface area contributed by atoms with Crippen LogP contribution in [0.5, 0.6) is 5.75 Å². The summed E-state index contributed by atoms with van der Waals surface area (Å²) in [4.78, 5) is 28.1. The zero-order chi connectivity index (χ0) is 22.7. The fraction of sp³-hybridized carbons (Fsp3) is 0.440. The van der Waals surface area contributed by atoms with Gasteiger partial charge in [-0.15, -0.1) is 0 Å². The monoisotopic (exact) mass is 438 g/mol. The molecule has 0 spiro atoms. The predicted octanol–water partition coefficient (Wildman–Crippen LogP) is 4.73.